The maximum Gasteiger partial charge on any atom is 0.303 e. The van der Waals surface area contributed by atoms with E-state index in [0.717, 1.165) is 22.2 Å². The lowest BCUT2D eigenvalue weighted by Crippen LogP contribution is -2.00. The molecule has 1 N–H and O–H groups in total. The fourth-order valence-corrected chi connectivity index (χ4v) is 2.29. The third-order valence-electron chi connectivity index (χ3n) is 2.88. The van der Waals surface area contributed by atoms with Gasteiger partial charge in [0.05, 0.1) is 12.6 Å². The van der Waals surface area contributed by atoms with Gasteiger partial charge in [0.15, 0.2) is 0 Å². The smallest absolute Gasteiger partial charge is 0.303 e. The van der Waals surface area contributed by atoms with Crippen molar-refractivity contribution in [2.24, 2.45) is 0 Å². The van der Waals surface area contributed by atoms with Crippen LogP contribution in [0.1, 0.15) is 17.7 Å². The fourth-order valence-electron chi connectivity index (χ4n) is 2.05. The molecule has 1 heterocycles. The first-order valence-electron chi connectivity index (χ1n) is 5.87. The third-order valence-corrected chi connectivity index (χ3v) is 3.09. The minimum absolute atomic E-state index is 0.0490. The molecule has 0 amide bonds. The number of aryl methyl sites for hydroxylation is 2. The van der Waals surface area contributed by atoms with Crippen molar-refractivity contribution < 1.29 is 14.6 Å². The van der Waals surface area contributed by atoms with E-state index in [2.05, 4.69) is 4.98 Å². The van der Waals surface area contributed by atoms with Crippen LogP contribution in [0.4, 0.5) is 0 Å². The Balaban J connectivity index is 2.62. The summed E-state index contributed by atoms with van der Waals surface area (Å²) in [6.07, 6.45) is 0.444. The Morgan fingerprint density at radius 1 is 1.42 bits per heavy atom. The van der Waals surface area contributed by atoms with Crippen LogP contribution in [0.15, 0.2) is 18.2 Å². The number of carboxylic acids is 1. The highest BCUT2D eigenvalue weighted by atomic mass is 35.5. The number of carbonyl (C=O) groups is 1. The number of benzene rings is 1. The third kappa shape index (κ3) is 2.96. The summed E-state index contributed by atoms with van der Waals surface area (Å²) in [5, 5.41) is 10.2. The summed E-state index contributed by atoms with van der Waals surface area (Å²) in [5.74, 6) is -0.144. The van der Waals surface area contributed by atoms with Crippen molar-refractivity contribution in [3.8, 4) is 5.75 Å². The number of aliphatic carboxylic acids is 1. The molecule has 19 heavy (non-hydrogen) atoms. The Morgan fingerprint density at radius 2 is 2.16 bits per heavy atom. The molecule has 100 valence electrons. The second-order valence-corrected chi connectivity index (χ2v) is 4.76. The van der Waals surface area contributed by atoms with E-state index in [1.54, 1.807) is 19.2 Å². The van der Waals surface area contributed by atoms with Gasteiger partial charge in [0.2, 0.25) is 0 Å². The van der Waals surface area contributed by atoms with Gasteiger partial charge in [0.25, 0.3) is 0 Å². The van der Waals surface area contributed by atoms with Gasteiger partial charge in [-0.2, -0.15) is 0 Å². The average molecular weight is 280 g/mol. The molecule has 0 unspecified atom stereocenters. The summed E-state index contributed by atoms with van der Waals surface area (Å²) in [7, 11) is 1.59. The summed E-state index contributed by atoms with van der Waals surface area (Å²) in [5.41, 5.74) is 2.40. The van der Waals surface area contributed by atoms with Gasteiger partial charge in [0, 0.05) is 28.6 Å². The maximum atomic E-state index is 10.7. The predicted molar refractivity (Wildman–Crippen MR) is 74.0 cm³/mol. The normalized spacial score (nSPS) is 10.7. The van der Waals surface area contributed by atoms with Gasteiger partial charge in [-0.1, -0.05) is 11.6 Å². The summed E-state index contributed by atoms with van der Waals surface area (Å²) < 4.78 is 5.33. The second-order valence-electron chi connectivity index (χ2n) is 4.32. The first-order valence-corrected chi connectivity index (χ1v) is 6.24. The molecule has 0 aliphatic rings. The van der Waals surface area contributed by atoms with E-state index in [1.165, 1.54) is 0 Å². The van der Waals surface area contributed by atoms with E-state index in [-0.39, 0.29) is 6.42 Å². The van der Waals surface area contributed by atoms with Gasteiger partial charge in [-0.15, -0.1) is 0 Å². The first kappa shape index (κ1) is 13.6. The number of aromatic nitrogens is 1. The Hall–Kier alpha value is -1.81. The lowest BCUT2D eigenvalue weighted by Gasteiger charge is -2.11. The number of hydrogen-bond donors (Lipinski definition) is 1. The molecule has 5 heteroatoms. The van der Waals surface area contributed by atoms with E-state index in [0.29, 0.717) is 17.2 Å². The van der Waals surface area contributed by atoms with E-state index >= 15 is 0 Å². The van der Waals surface area contributed by atoms with Crippen molar-refractivity contribution in [3.05, 3.63) is 34.5 Å². The van der Waals surface area contributed by atoms with Crippen molar-refractivity contribution in [2.45, 2.75) is 19.8 Å². The first-order chi connectivity index (χ1) is 9.01. The van der Waals surface area contributed by atoms with Crippen LogP contribution in [-0.2, 0) is 11.2 Å². The molecule has 0 bridgehead atoms. The van der Waals surface area contributed by atoms with Crippen LogP contribution < -0.4 is 4.74 Å². The molecule has 0 aliphatic heterocycles. The van der Waals surface area contributed by atoms with E-state index in [1.807, 2.05) is 13.0 Å². The summed E-state index contributed by atoms with van der Waals surface area (Å²) >= 11 is 6.08. The van der Waals surface area contributed by atoms with Crippen molar-refractivity contribution in [1.29, 1.82) is 0 Å². The Labute approximate surface area is 116 Å². The average Bonchev–Trinajstić information content (AvgIpc) is 2.35. The molecule has 0 saturated heterocycles. The summed E-state index contributed by atoms with van der Waals surface area (Å²) in [4.78, 5) is 15.2. The van der Waals surface area contributed by atoms with E-state index in [4.69, 9.17) is 21.4 Å². The maximum absolute atomic E-state index is 10.7. The SMILES string of the molecule is COc1cc(C)nc2c(CCC(=O)O)cc(Cl)cc12. The van der Waals surface area contributed by atoms with Gasteiger partial charge in [0.1, 0.15) is 5.75 Å². The number of ether oxygens (including phenoxy) is 1. The Morgan fingerprint density at radius 3 is 2.79 bits per heavy atom. The van der Waals surface area contributed by atoms with Gasteiger partial charge >= 0.3 is 5.97 Å². The second kappa shape index (κ2) is 5.45. The highest BCUT2D eigenvalue weighted by Crippen LogP contribution is 2.31. The van der Waals surface area contributed by atoms with Crippen molar-refractivity contribution in [1.82, 2.24) is 4.98 Å². The van der Waals surface area contributed by atoms with Crippen molar-refractivity contribution >= 4 is 28.5 Å². The van der Waals surface area contributed by atoms with E-state index < -0.39 is 5.97 Å². The minimum Gasteiger partial charge on any atom is -0.496 e. The predicted octanol–water partition coefficient (Wildman–Crippen LogP) is 3.22. The lowest BCUT2D eigenvalue weighted by atomic mass is 10.0. The largest absolute Gasteiger partial charge is 0.496 e. The van der Waals surface area contributed by atoms with Crippen LogP contribution in [-0.4, -0.2) is 23.2 Å². The number of methoxy groups -OCH3 is 1. The molecule has 0 fully saturated rings. The summed E-state index contributed by atoms with van der Waals surface area (Å²) in [6.45, 7) is 1.87. The Bertz CT molecular complexity index is 640. The minimum atomic E-state index is -0.840. The summed E-state index contributed by atoms with van der Waals surface area (Å²) in [6, 6.07) is 5.38. The molecular weight excluding hydrogens is 266 g/mol. The van der Waals surface area contributed by atoms with Crippen LogP contribution in [0.5, 0.6) is 5.75 Å². The molecular formula is C14H14ClNO3. The quantitative estimate of drug-likeness (QED) is 0.933. The van der Waals surface area contributed by atoms with Gasteiger partial charge in [-0.05, 0) is 31.0 Å². The molecule has 0 spiro atoms. The van der Waals surface area contributed by atoms with Gasteiger partial charge < -0.3 is 9.84 Å². The number of nitrogens with zero attached hydrogens (tertiary/aromatic N) is 1. The monoisotopic (exact) mass is 279 g/mol. The molecule has 1 aromatic carbocycles. The zero-order chi connectivity index (χ0) is 14.0. The molecule has 0 radical (unpaired) electrons. The molecule has 4 nitrogen and oxygen atoms in total. The highest BCUT2D eigenvalue weighted by molar-refractivity contribution is 6.31. The fraction of sp³-hybridized carbons (Fsp3) is 0.286. The zero-order valence-electron chi connectivity index (χ0n) is 10.7. The zero-order valence-corrected chi connectivity index (χ0v) is 11.5. The number of halogens is 1. The molecule has 0 atom stereocenters. The van der Waals surface area contributed by atoms with Crippen LogP contribution in [0, 0.1) is 6.92 Å². The lowest BCUT2D eigenvalue weighted by molar-refractivity contribution is -0.136. The standard InChI is InChI=1S/C14H14ClNO3/c1-8-5-12(19-2)11-7-10(15)6-9(14(11)16-8)3-4-13(17)18/h5-7H,3-4H2,1-2H3,(H,17,18). The van der Waals surface area contributed by atoms with Crippen molar-refractivity contribution in [2.75, 3.05) is 7.11 Å². The molecule has 2 aromatic rings. The number of fused-ring (bicyclic) bond motifs is 1. The van der Waals surface area contributed by atoms with Crippen LogP contribution >= 0.6 is 11.6 Å². The van der Waals surface area contributed by atoms with Crippen LogP contribution in [0.2, 0.25) is 5.02 Å². The number of pyridine rings is 1. The van der Waals surface area contributed by atoms with Gasteiger partial charge in [-0.3, -0.25) is 9.78 Å². The number of carboxylic acid groups (broad SMARTS) is 1. The number of hydrogen-bond acceptors (Lipinski definition) is 3. The Kier molecular flexibility index (Phi) is 3.90. The molecule has 0 saturated carbocycles. The molecule has 2 rings (SSSR count). The van der Waals surface area contributed by atoms with Crippen molar-refractivity contribution in [3.63, 3.8) is 0 Å². The van der Waals surface area contributed by atoms with Crippen LogP contribution in [0.3, 0.4) is 0 Å². The molecule has 1 aromatic heterocycles. The highest BCUT2D eigenvalue weighted by Gasteiger charge is 2.11. The number of rotatable bonds is 4. The van der Waals surface area contributed by atoms with E-state index in [9.17, 15) is 4.79 Å². The topological polar surface area (TPSA) is 59.4 Å². The van der Waals surface area contributed by atoms with Gasteiger partial charge in [-0.25, -0.2) is 0 Å². The van der Waals surface area contributed by atoms with Crippen LogP contribution in [0.25, 0.3) is 10.9 Å². The molecule has 0 aliphatic carbocycles.